The monoisotopic (exact) mass is 303 g/mol. The second-order valence-corrected chi connectivity index (χ2v) is 4.97. The van der Waals surface area contributed by atoms with E-state index in [0.717, 1.165) is 4.90 Å². The Morgan fingerprint density at radius 3 is 2.45 bits per heavy atom. The van der Waals surface area contributed by atoms with Gasteiger partial charge in [0.15, 0.2) is 0 Å². The molecule has 4 amide bonds. The third kappa shape index (κ3) is 3.62. The predicted molar refractivity (Wildman–Crippen MR) is 82.5 cm³/mol. The minimum Gasteiger partial charge on any atom is -0.321 e. The number of rotatable bonds is 3. The van der Waals surface area contributed by atoms with Gasteiger partial charge in [0.05, 0.1) is 12.2 Å². The molecule has 1 aromatic rings. The van der Waals surface area contributed by atoms with Gasteiger partial charge in [-0.3, -0.25) is 4.79 Å². The van der Waals surface area contributed by atoms with Crippen LogP contribution in [0.15, 0.2) is 30.3 Å². The lowest BCUT2D eigenvalue weighted by Gasteiger charge is -2.33. The van der Waals surface area contributed by atoms with Crippen molar-refractivity contribution in [3.63, 3.8) is 0 Å². The Balaban J connectivity index is 2.26. The van der Waals surface area contributed by atoms with E-state index in [-0.39, 0.29) is 12.6 Å². The van der Waals surface area contributed by atoms with Crippen molar-refractivity contribution in [1.29, 1.82) is 0 Å². The van der Waals surface area contributed by atoms with E-state index in [1.165, 1.54) is 11.9 Å². The number of urea groups is 2. The summed E-state index contributed by atoms with van der Waals surface area (Å²) in [6.45, 7) is 2.29. The van der Waals surface area contributed by atoms with Crippen LogP contribution in [-0.2, 0) is 4.79 Å². The predicted octanol–water partition coefficient (Wildman–Crippen LogP) is 0.680. The lowest BCUT2D eigenvalue weighted by atomic mass is 10.3. The van der Waals surface area contributed by atoms with Crippen LogP contribution < -0.4 is 10.2 Å². The van der Waals surface area contributed by atoms with E-state index < -0.39 is 6.03 Å². The van der Waals surface area contributed by atoms with E-state index in [9.17, 15) is 14.4 Å². The van der Waals surface area contributed by atoms with Crippen molar-refractivity contribution < 1.29 is 14.4 Å². The maximum Gasteiger partial charge on any atom is 0.332 e. The van der Waals surface area contributed by atoms with Crippen LogP contribution in [0.25, 0.3) is 0 Å². The molecule has 0 aromatic heterocycles. The number of hydrogen-bond acceptors (Lipinski definition) is 4. The molecule has 7 heteroatoms. The van der Waals surface area contributed by atoms with Crippen LogP contribution in [0.3, 0.4) is 0 Å². The normalized spacial score (nSPS) is 14.3. The van der Waals surface area contributed by atoms with E-state index in [1.807, 2.05) is 6.07 Å². The molecule has 1 saturated heterocycles. The summed E-state index contributed by atoms with van der Waals surface area (Å²) in [7, 11) is 1.47. The van der Waals surface area contributed by atoms with E-state index in [2.05, 4.69) is 5.32 Å². The highest BCUT2D eigenvalue weighted by molar-refractivity contribution is 6.13. The molecule has 1 heterocycles. The third-order valence-corrected chi connectivity index (χ3v) is 3.41. The van der Waals surface area contributed by atoms with Gasteiger partial charge in [0.2, 0.25) is 6.29 Å². The molecule has 117 valence electrons. The first kappa shape index (κ1) is 16.0. The summed E-state index contributed by atoms with van der Waals surface area (Å²) in [6, 6.07) is 7.78. The Labute approximate surface area is 129 Å². The number of hydrogen-bond donors (Lipinski definition) is 1. The molecule has 22 heavy (non-hydrogen) atoms. The first-order valence-electron chi connectivity index (χ1n) is 7.10. The first-order valence-corrected chi connectivity index (χ1v) is 7.10. The van der Waals surface area contributed by atoms with Gasteiger partial charge < -0.3 is 15.1 Å². The Hall–Kier alpha value is -2.41. The number of carbonyl (C=O) groups is 2. The molecule has 0 aliphatic carbocycles. The Bertz CT molecular complexity index is 529. The summed E-state index contributed by atoms with van der Waals surface area (Å²) >= 11 is 0. The summed E-state index contributed by atoms with van der Waals surface area (Å²) < 4.78 is 0. The molecule has 1 aliphatic heterocycles. The molecule has 1 aromatic carbocycles. The molecule has 0 unspecified atom stereocenters. The lowest BCUT2D eigenvalue weighted by Crippen LogP contribution is -2.55. The van der Waals surface area contributed by atoms with Gasteiger partial charge in [-0.2, -0.15) is 0 Å². The number of nitrogens with one attached hydrogen (secondary N) is 1. The van der Waals surface area contributed by atoms with Gasteiger partial charge in [0.1, 0.15) is 0 Å². The zero-order valence-electron chi connectivity index (χ0n) is 12.5. The fourth-order valence-electron chi connectivity index (χ4n) is 2.21. The number of benzene rings is 1. The Morgan fingerprint density at radius 2 is 1.86 bits per heavy atom. The number of anilines is 1. The maximum atomic E-state index is 12.7. The second-order valence-electron chi connectivity index (χ2n) is 4.97. The SMILES string of the molecule is CN(C[C]=O)C(=O)N(C(=O)N1CCNCC1)c1ccccc1. The minimum absolute atomic E-state index is 0.184. The number of para-hydroxylation sites is 1. The number of carbonyl (C=O) groups excluding carboxylic acids is 3. The highest BCUT2D eigenvalue weighted by atomic mass is 16.2. The van der Waals surface area contributed by atoms with Gasteiger partial charge >= 0.3 is 12.1 Å². The van der Waals surface area contributed by atoms with Gasteiger partial charge in [-0.1, -0.05) is 18.2 Å². The number of nitrogens with zero attached hydrogens (tertiary/aromatic N) is 3. The highest BCUT2D eigenvalue weighted by Gasteiger charge is 2.30. The molecule has 0 atom stereocenters. The van der Waals surface area contributed by atoms with Crippen LogP contribution in [0.5, 0.6) is 0 Å². The van der Waals surface area contributed by atoms with E-state index in [0.29, 0.717) is 31.9 Å². The third-order valence-electron chi connectivity index (χ3n) is 3.41. The molecule has 1 radical (unpaired) electrons. The summed E-state index contributed by atoms with van der Waals surface area (Å²) in [5, 5.41) is 3.16. The zero-order chi connectivity index (χ0) is 15.9. The number of amides is 4. The van der Waals surface area contributed by atoms with Crippen LogP contribution >= 0.6 is 0 Å². The standard InChI is InChI=1S/C15H19N4O3/c1-17(11-12-20)14(21)19(13-5-3-2-4-6-13)15(22)18-9-7-16-8-10-18/h2-6,16H,7-11H2,1H3. The maximum absolute atomic E-state index is 12.7. The summed E-state index contributed by atoms with van der Waals surface area (Å²) in [5.74, 6) is 0. The molecular weight excluding hydrogens is 284 g/mol. The van der Waals surface area contributed by atoms with Crippen LogP contribution in [0, 0.1) is 0 Å². The first-order chi connectivity index (χ1) is 10.6. The fourth-order valence-corrected chi connectivity index (χ4v) is 2.21. The molecule has 0 saturated carbocycles. The molecule has 0 spiro atoms. The van der Waals surface area contributed by atoms with Crippen molar-refractivity contribution in [2.45, 2.75) is 0 Å². The summed E-state index contributed by atoms with van der Waals surface area (Å²) in [6.07, 6.45) is 1.67. The van der Waals surface area contributed by atoms with Crippen LogP contribution in [0.2, 0.25) is 0 Å². The van der Waals surface area contributed by atoms with Crippen molar-refractivity contribution in [2.24, 2.45) is 0 Å². The van der Waals surface area contributed by atoms with Gasteiger partial charge in [0.25, 0.3) is 0 Å². The fraction of sp³-hybridized carbons (Fsp3) is 0.400. The topological polar surface area (TPSA) is 73.0 Å². The van der Waals surface area contributed by atoms with Crippen molar-refractivity contribution in [2.75, 3.05) is 44.7 Å². The Morgan fingerprint density at radius 1 is 1.23 bits per heavy atom. The van der Waals surface area contributed by atoms with Crippen molar-refractivity contribution in [3.05, 3.63) is 30.3 Å². The van der Waals surface area contributed by atoms with Gasteiger partial charge in [-0.05, 0) is 12.1 Å². The van der Waals surface area contributed by atoms with Crippen molar-refractivity contribution in [1.82, 2.24) is 15.1 Å². The van der Waals surface area contributed by atoms with E-state index in [1.54, 1.807) is 35.5 Å². The minimum atomic E-state index is -0.543. The lowest BCUT2D eigenvalue weighted by molar-refractivity contribution is 0.189. The number of piperazine rings is 1. The van der Waals surface area contributed by atoms with E-state index >= 15 is 0 Å². The van der Waals surface area contributed by atoms with Crippen LogP contribution in [0.4, 0.5) is 15.3 Å². The smallest absolute Gasteiger partial charge is 0.321 e. The van der Waals surface area contributed by atoms with Crippen molar-refractivity contribution in [3.8, 4) is 0 Å². The van der Waals surface area contributed by atoms with Gasteiger partial charge in [-0.15, -0.1) is 0 Å². The van der Waals surface area contributed by atoms with Gasteiger partial charge in [-0.25, -0.2) is 14.5 Å². The summed E-state index contributed by atoms with van der Waals surface area (Å²) in [4.78, 5) is 39.7. The molecule has 1 aliphatic rings. The zero-order valence-corrected chi connectivity index (χ0v) is 12.5. The van der Waals surface area contributed by atoms with Crippen LogP contribution in [0.1, 0.15) is 0 Å². The second kappa shape index (κ2) is 7.56. The van der Waals surface area contributed by atoms with E-state index in [4.69, 9.17) is 0 Å². The summed E-state index contributed by atoms with van der Waals surface area (Å²) in [5.41, 5.74) is 0.480. The average molecular weight is 303 g/mol. The highest BCUT2D eigenvalue weighted by Crippen LogP contribution is 2.17. The van der Waals surface area contributed by atoms with Crippen molar-refractivity contribution >= 4 is 24.0 Å². The molecular formula is C15H19N4O3. The molecule has 2 rings (SSSR count). The molecule has 1 fully saturated rings. The number of likely N-dealkylation sites (N-methyl/N-ethyl adjacent to an activating group) is 1. The molecule has 0 bridgehead atoms. The quantitative estimate of drug-likeness (QED) is 0.891. The number of imide groups is 1. The Kier molecular flexibility index (Phi) is 5.48. The molecule has 7 nitrogen and oxygen atoms in total. The van der Waals surface area contributed by atoms with Gasteiger partial charge in [0, 0.05) is 33.2 Å². The largest absolute Gasteiger partial charge is 0.332 e. The molecule has 1 N–H and O–H groups in total. The average Bonchev–Trinajstić information content (AvgIpc) is 2.57. The van der Waals surface area contributed by atoms with Crippen LogP contribution in [-0.4, -0.2) is 67.9 Å².